The van der Waals surface area contributed by atoms with Gasteiger partial charge in [0.05, 0.1) is 7.11 Å². The Balaban J connectivity index is 1.50. The number of rotatable bonds is 8. The minimum Gasteiger partial charge on any atom is -0.493 e. The normalized spacial score (nSPS) is 17.0. The smallest absolute Gasteiger partial charge is 0.328 e. The molecule has 1 heterocycles. The van der Waals surface area contributed by atoms with Crippen molar-refractivity contribution in [2.24, 2.45) is 0 Å². The number of carbonyl (C=O) groups excluding carboxylic acids is 3. The lowest BCUT2D eigenvalue weighted by atomic mass is 9.91. The number of nitrogens with zero attached hydrogens (tertiary/aromatic N) is 1. The van der Waals surface area contributed by atoms with E-state index in [2.05, 4.69) is 16.4 Å². The number of amides is 1. The van der Waals surface area contributed by atoms with Gasteiger partial charge in [0.2, 0.25) is 5.75 Å². The second-order valence-corrected chi connectivity index (χ2v) is 8.48. The summed E-state index contributed by atoms with van der Waals surface area (Å²) in [4.78, 5) is 42.0. The molecule has 36 heavy (non-hydrogen) atoms. The molecule has 4 rings (SSSR count). The molecule has 0 fully saturated rings. The molecule has 0 bridgehead atoms. The van der Waals surface area contributed by atoms with Gasteiger partial charge in [-0.25, -0.2) is 9.78 Å². The highest BCUT2D eigenvalue weighted by atomic mass is 16.6. The predicted octanol–water partition coefficient (Wildman–Crippen LogP) is 3.82. The fourth-order valence-electron chi connectivity index (χ4n) is 4.34. The second-order valence-electron chi connectivity index (χ2n) is 8.48. The summed E-state index contributed by atoms with van der Waals surface area (Å²) in [7, 11) is 1.39. The van der Waals surface area contributed by atoms with Crippen molar-refractivity contribution in [2.45, 2.75) is 44.8 Å². The van der Waals surface area contributed by atoms with Crippen molar-refractivity contribution >= 4 is 17.8 Å². The highest BCUT2D eigenvalue weighted by Crippen LogP contribution is 2.40. The van der Waals surface area contributed by atoms with Crippen molar-refractivity contribution in [1.82, 2.24) is 10.3 Å². The standard InChI is InChI=1S/C28H28N2O6/c1-4-23(31)36-26-21(34-3)14-15-29-25(26)27(32)30-17(2)28(33)35-22-16-19-12-8-9-13-20(19)24(22)18-10-6-5-7-11-18/h5-15,17,22,24H,4,16H2,1-3H3,(H,30,32)/t17-,22?,24?/m0/s1. The molecule has 2 aromatic carbocycles. The maximum Gasteiger partial charge on any atom is 0.328 e. The summed E-state index contributed by atoms with van der Waals surface area (Å²) in [6, 6.07) is 18.5. The van der Waals surface area contributed by atoms with E-state index >= 15 is 0 Å². The Morgan fingerprint density at radius 2 is 1.78 bits per heavy atom. The minimum absolute atomic E-state index is 0.0969. The topological polar surface area (TPSA) is 104 Å². The minimum atomic E-state index is -0.972. The summed E-state index contributed by atoms with van der Waals surface area (Å²) in [6.45, 7) is 3.17. The Bertz CT molecular complexity index is 1260. The maximum absolute atomic E-state index is 13.1. The van der Waals surface area contributed by atoms with Gasteiger partial charge in [-0.3, -0.25) is 9.59 Å². The Morgan fingerprint density at radius 1 is 1.06 bits per heavy atom. The lowest BCUT2D eigenvalue weighted by Gasteiger charge is -2.23. The molecular weight excluding hydrogens is 460 g/mol. The van der Waals surface area contributed by atoms with Crippen molar-refractivity contribution in [3.8, 4) is 11.5 Å². The van der Waals surface area contributed by atoms with Crippen molar-refractivity contribution < 1.29 is 28.6 Å². The van der Waals surface area contributed by atoms with Gasteiger partial charge in [-0.15, -0.1) is 0 Å². The third kappa shape index (κ3) is 5.22. The van der Waals surface area contributed by atoms with Gasteiger partial charge in [0.15, 0.2) is 11.4 Å². The summed E-state index contributed by atoms with van der Waals surface area (Å²) >= 11 is 0. The van der Waals surface area contributed by atoms with Crippen LogP contribution in [0.4, 0.5) is 0 Å². The molecule has 8 nitrogen and oxygen atoms in total. The number of hydrogen-bond donors (Lipinski definition) is 1. The van der Waals surface area contributed by atoms with Gasteiger partial charge in [-0.2, -0.15) is 0 Å². The van der Waals surface area contributed by atoms with E-state index in [0.29, 0.717) is 6.42 Å². The SMILES string of the molecule is CCC(=O)Oc1c(OC)ccnc1C(=O)N[C@@H](C)C(=O)OC1Cc2ccccc2C1c1ccccc1. The number of methoxy groups -OCH3 is 1. The van der Waals surface area contributed by atoms with Gasteiger partial charge in [-0.1, -0.05) is 61.5 Å². The second kappa shape index (κ2) is 11.0. The lowest BCUT2D eigenvalue weighted by molar-refractivity contribution is -0.151. The molecule has 186 valence electrons. The van der Waals surface area contributed by atoms with Crippen LogP contribution in [-0.2, 0) is 20.7 Å². The zero-order valence-electron chi connectivity index (χ0n) is 20.4. The first-order chi connectivity index (χ1) is 17.4. The molecular formula is C28H28N2O6. The lowest BCUT2D eigenvalue weighted by Crippen LogP contribution is -2.42. The average Bonchev–Trinajstić information content (AvgIpc) is 3.26. The van der Waals surface area contributed by atoms with E-state index in [4.69, 9.17) is 14.2 Å². The molecule has 0 aliphatic heterocycles. The van der Waals surface area contributed by atoms with Gasteiger partial charge in [0, 0.05) is 31.0 Å². The molecule has 8 heteroatoms. The van der Waals surface area contributed by atoms with Crippen LogP contribution in [0.25, 0.3) is 0 Å². The first kappa shape index (κ1) is 24.9. The summed E-state index contributed by atoms with van der Waals surface area (Å²) in [5.74, 6) is -1.82. The van der Waals surface area contributed by atoms with Crippen LogP contribution in [0, 0.1) is 0 Å². The van der Waals surface area contributed by atoms with E-state index in [-0.39, 0.29) is 29.5 Å². The molecule has 0 radical (unpaired) electrons. The van der Waals surface area contributed by atoms with Crippen molar-refractivity contribution in [3.05, 3.63) is 89.2 Å². The number of benzene rings is 2. The molecule has 1 N–H and O–H groups in total. The first-order valence-corrected chi connectivity index (χ1v) is 11.8. The highest BCUT2D eigenvalue weighted by molar-refractivity contribution is 5.98. The molecule has 1 amide bonds. The number of fused-ring (bicyclic) bond motifs is 1. The molecule has 0 saturated heterocycles. The Kier molecular flexibility index (Phi) is 7.63. The van der Waals surface area contributed by atoms with Crippen molar-refractivity contribution in [1.29, 1.82) is 0 Å². The first-order valence-electron chi connectivity index (χ1n) is 11.8. The third-order valence-corrected chi connectivity index (χ3v) is 6.12. The zero-order valence-corrected chi connectivity index (χ0v) is 20.4. The van der Waals surface area contributed by atoms with Crippen LogP contribution in [0.1, 0.15) is 53.4 Å². The number of hydrogen-bond acceptors (Lipinski definition) is 7. The van der Waals surface area contributed by atoms with Crippen LogP contribution in [0.2, 0.25) is 0 Å². The van der Waals surface area contributed by atoms with Gasteiger partial charge in [0.25, 0.3) is 5.91 Å². The van der Waals surface area contributed by atoms with Crippen molar-refractivity contribution in [2.75, 3.05) is 7.11 Å². The molecule has 1 aliphatic carbocycles. The number of pyridine rings is 1. The molecule has 1 aliphatic rings. The van der Waals surface area contributed by atoms with E-state index in [9.17, 15) is 14.4 Å². The zero-order chi connectivity index (χ0) is 25.7. The summed E-state index contributed by atoms with van der Waals surface area (Å²) in [6.07, 6.45) is 1.64. The van der Waals surface area contributed by atoms with Crippen LogP contribution in [-0.4, -0.2) is 42.1 Å². The van der Waals surface area contributed by atoms with Crippen LogP contribution >= 0.6 is 0 Å². The Morgan fingerprint density at radius 3 is 2.50 bits per heavy atom. The molecule has 0 spiro atoms. The highest BCUT2D eigenvalue weighted by Gasteiger charge is 2.37. The van der Waals surface area contributed by atoms with Crippen LogP contribution < -0.4 is 14.8 Å². The van der Waals surface area contributed by atoms with E-state index < -0.39 is 30.0 Å². The number of ether oxygens (including phenoxy) is 3. The Labute approximate surface area is 209 Å². The number of carbonyl (C=O) groups is 3. The summed E-state index contributed by atoms with van der Waals surface area (Å²) < 4.78 is 16.4. The number of aromatic nitrogens is 1. The average molecular weight is 489 g/mol. The fourth-order valence-corrected chi connectivity index (χ4v) is 4.34. The third-order valence-electron chi connectivity index (χ3n) is 6.12. The van der Waals surface area contributed by atoms with Gasteiger partial charge in [-0.05, 0) is 23.6 Å². The van der Waals surface area contributed by atoms with Gasteiger partial charge in [0.1, 0.15) is 12.1 Å². The number of nitrogens with one attached hydrogen (secondary N) is 1. The maximum atomic E-state index is 13.1. The van der Waals surface area contributed by atoms with Gasteiger partial charge < -0.3 is 19.5 Å². The van der Waals surface area contributed by atoms with E-state index in [1.54, 1.807) is 6.92 Å². The van der Waals surface area contributed by atoms with Gasteiger partial charge >= 0.3 is 11.9 Å². The molecule has 0 saturated carbocycles. The quantitative estimate of drug-likeness (QED) is 0.481. The summed E-state index contributed by atoms with van der Waals surface area (Å²) in [5.41, 5.74) is 3.15. The fraction of sp³-hybridized carbons (Fsp3) is 0.286. The Hall–Kier alpha value is -4.20. The number of esters is 2. The summed E-state index contributed by atoms with van der Waals surface area (Å²) in [5, 5.41) is 2.61. The molecule has 2 unspecified atom stereocenters. The van der Waals surface area contributed by atoms with Crippen LogP contribution in [0.3, 0.4) is 0 Å². The van der Waals surface area contributed by atoms with E-state index in [1.807, 2.05) is 48.5 Å². The monoisotopic (exact) mass is 488 g/mol. The van der Waals surface area contributed by atoms with E-state index in [0.717, 1.165) is 16.7 Å². The predicted molar refractivity (Wildman–Crippen MR) is 132 cm³/mol. The molecule has 3 aromatic rings. The van der Waals surface area contributed by atoms with Crippen LogP contribution in [0.5, 0.6) is 11.5 Å². The van der Waals surface area contributed by atoms with E-state index in [1.165, 1.54) is 26.3 Å². The van der Waals surface area contributed by atoms with Crippen molar-refractivity contribution in [3.63, 3.8) is 0 Å². The molecule has 1 aromatic heterocycles. The molecule has 3 atom stereocenters. The van der Waals surface area contributed by atoms with Crippen LogP contribution in [0.15, 0.2) is 66.9 Å². The largest absolute Gasteiger partial charge is 0.493 e.